The molecule has 0 bridgehead atoms. The minimum absolute atomic E-state index is 0.0670. The summed E-state index contributed by atoms with van der Waals surface area (Å²) in [6.45, 7) is 6.82. The molecule has 0 aliphatic heterocycles. The van der Waals surface area contributed by atoms with Gasteiger partial charge in [0, 0.05) is 10.4 Å². The first-order valence-electron chi connectivity index (χ1n) is 5.88. The zero-order valence-electron chi connectivity index (χ0n) is 9.92. The SMILES string of the molecule is Cc1cc(C2(N)CCCC(C)C2C)cs1. The molecule has 0 amide bonds. The van der Waals surface area contributed by atoms with Crippen LogP contribution in [-0.4, -0.2) is 0 Å². The monoisotopic (exact) mass is 223 g/mol. The van der Waals surface area contributed by atoms with Crippen LogP contribution in [0.15, 0.2) is 11.4 Å². The second-order valence-electron chi connectivity index (χ2n) is 5.14. The summed E-state index contributed by atoms with van der Waals surface area (Å²) in [6.07, 6.45) is 3.76. The van der Waals surface area contributed by atoms with Gasteiger partial charge in [0.2, 0.25) is 0 Å². The van der Waals surface area contributed by atoms with Crippen LogP contribution in [0.4, 0.5) is 0 Å². The highest BCUT2D eigenvalue weighted by Crippen LogP contribution is 2.43. The van der Waals surface area contributed by atoms with Crippen LogP contribution in [0.3, 0.4) is 0 Å². The Labute approximate surface area is 96.7 Å². The number of thiophene rings is 1. The molecule has 84 valence electrons. The fourth-order valence-electron chi connectivity index (χ4n) is 2.80. The summed E-state index contributed by atoms with van der Waals surface area (Å²) in [5.41, 5.74) is 7.93. The summed E-state index contributed by atoms with van der Waals surface area (Å²) < 4.78 is 0. The first-order chi connectivity index (χ1) is 7.04. The molecule has 1 fully saturated rings. The van der Waals surface area contributed by atoms with Crippen LogP contribution >= 0.6 is 11.3 Å². The van der Waals surface area contributed by atoms with Gasteiger partial charge in [0.05, 0.1) is 0 Å². The summed E-state index contributed by atoms with van der Waals surface area (Å²) >= 11 is 1.82. The van der Waals surface area contributed by atoms with Gasteiger partial charge >= 0.3 is 0 Å². The van der Waals surface area contributed by atoms with Crippen molar-refractivity contribution in [1.29, 1.82) is 0 Å². The van der Waals surface area contributed by atoms with Crippen molar-refractivity contribution in [2.45, 2.75) is 45.6 Å². The maximum atomic E-state index is 6.63. The van der Waals surface area contributed by atoms with Crippen LogP contribution in [0, 0.1) is 18.8 Å². The molecule has 1 nitrogen and oxygen atoms in total. The third-order valence-corrected chi connectivity index (χ3v) is 5.05. The molecule has 1 heterocycles. The van der Waals surface area contributed by atoms with E-state index >= 15 is 0 Å². The van der Waals surface area contributed by atoms with Crippen LogP contribution in [0.25, 0.3) is 0 Å². The molecule has 3 unspecified atom stereocenters. The molecular formula is C13H21NS. The second kappa shape index (κ2) is 3.91. The first kappa shape index (κ1) is 11.2. The topological polar surface area (TPSA) is 26.0 Å². The third kappa shape index (κ3) is 1.85. The Morgan fingerprint density at radius 2 is 2.20 bits per heavy atom. The van der Waals surface area contributed by atoms with Gasteiger partial charge in [0.15, 0.2) is 0 Å². The van der Waals surface area contributed by atoms with Crippen molar-refractivity contribution in [2.24, 2.45) is 17.6 Å². The van der Waals surface area contributed by atoms with Gasteiger partial charge in [-0.1, -0.05) is 26.7 Å². The highest BCUT2D eigenvalue weighted by atomic mass is 32.1. The fraction of sp³-hybridized carbons (Fsp3) is 0.692. The van der Waals surface area contributed by atoms with Crippen molar-refractivity contribution < 1.29 is 0 Å². The highest BCUT2D eigenvalue weighted by Gasteiger charge is 2.39. The molecule has 0 aromatic carbocycles. The standard InChI is InChI=1S/C13H21NS/c1-9-5-4-6-13(14,11(9)3)12-7-10(2)15-8-12/h7-9,11H,4-6,14H2,1-3H3. The van der Waals surface area contributed by atoms with Gasteiger partial charge in [0.1, 0.15) is 0 Å². The Morgan fingerprint density at radius 3 is 2.80 bits per heavy atom. The Morgan fingerprint density at radius 1 is 1.47 bits per heavy atom. The third-order valence-electron chi connectivity index (χ3n) is 4.18. The summed E-state index contributed by atoms with van der Waals surface area (Å²) in [5, 5.41) is 2.25. The minimum atomic E-state index is -0.0670. The van der Waals surface area contributed by atoms with Gasteiger partial charge in [0.25, 0.3) is 0 Å². The van der Waals surface area contributed by atoms with Gasteiger partial charge in [-0.25, -0.2) is 0 Å². The lowest BCUT2D eigenvalue weighted by Gasteiger charge is -2.43. The Kier molecular flexibility index (Phi) is 2.91. The first-order valence-corrected chi connectivity index (χ1v) is 6.76. The molecule has 1 aliphatic rings. The maximum absolute atomic E-state index is 6.63. The minimum Gasteiger partial charge on any atom is -0.321 e. The fourth-order valence-corrected chi connectivity index (χ4v) is 3.59. The van der Waals surface area contributed by atoms with E-state index in [-0.39, 0.29) is 5.54 Å². The molecule has 0 radical (unpaired) electrons. The van der Waals surface area contributed by atoms with Gasteiger partial charge in [-0.05, 0) is 42.2 Å². The van der Waals surface area contributed by atoms with Gasteiger partial charge in [-0.15, -0.1) is 11.3 Å². The zero-order valence-corrected chi connectivity index (χ0v) is 10.7. The van der Waals surface area contributed by atoms with E-state index in [1.165, 1.54) is 23.3 Å². The molecule has 3 atom stereocenters. The molecule has 0 saturated heterocycles. The van der Waals surface area contributed by atoms with E-state index in [1.807, 2.05) is 11.3 Å². The zero-order chi connectivity index (χ0) is 11.1. The number of nitrogens with two attached hydrogens (primary N) is 1. The van der Waals surface area contributed by atoms with Crippen LogP contribution in [0.1, 0.15) is 43.6 Å². The van der Waals surface area contributed by atoms with Crippen LogP contribution in [0.5, 0.6) is 0 Å². The molecule has 0 spiro atoms. The van der Waals surface area contributed by atoms with E-state index in [4.69, 9.17) is 5.73 Å². The van der Waals surface area contributed by atoms with E-state index in [9.17, 15) is 0 Å². The predicted molar refractivity (Wildman–Crippen MR) is 67.1 cm³/mol. The number of hydrogen-bond donors (Lipinski definition) is 1. The summed E-state index contributed by atoms with van der Waals surface area (Å²) in [7, 11) is 0. The normalized spacial score (nSPS) is 36.8. The van der Waals surface area contributed by atoms with Gasteiger partial charge < -0.3 is 5.73 Å². The molecule has 2 rings (SSSR count). The van der Waals surface area contributed by atoms with E-state index in [0.29, 0.717) is 5.92 Å². The lowest BCUT2D eigenvalue weighted by molar-refractivity contribution is 0.144. The van der Waals surface area contributed by atoms with Crippen LogP contribution in [0.2, 0.25) is 0 Å². The second-order valence-corrected chi connectivity index (χ2v) is 6.26. The van der Waals surface area contributed by atoms with Gasteiger partial charge in [-0.2, -0.15) is 0 Å². The number of rotatable bonds is 1. The molecule has 1 saturated carbocycles. The number of hydrogen-bond acceptors (Lipinski definition) is 2. The maximum Gasteiger partial charge on any atom is 0.0446 e. The van der Waals surface area contributed by atoms with E-state index < -0.39 is 0 Å². The average molecular weight is 223 g/mol. The molecular weight excluding hydrogens is 202 g/mol. The van der Waals surface area contributed by atoms with Crippen LogP contribution < -0.4 is 5.73 Å². The van der Waals surface area contributed by atoms with Crippen molar-refractivity contribution in [3.63, 3.8) is 0 Å². The smallest absolute Gasteiger partial charge is 0.0446 e. The summed E-state index contributed by atoms with van der Waals surface area (Å²) in [4.78, 5) is 1.38. The Balaban J connectivity index is 2.32. The van der Waals surface area contributed by atoms with Crippen molar-refractivity contribution >= 4 is 11.3 Å². The average Bonchev–Trinajstić information content (AvgIpc) is 2.62. The van der Waals surface area contributed by atoms with Gasteiger partial charge in [-0.3, -0.25) is 0 Å². The highest BCUT2D eigenvalue weighted by molar-refractivity contribution is 7.10. The lowest BCUT2D eigenvalue weighted by Crippen LogP contribution is -2.47. The Hall–Kier alpha value is -0.340. The van der Waals surface area contributed by atoms with E-state index in [1.54, 1.807) is 0 Å². The van der Waals surface area contributed by atoms with E-state index in [0.717, 1.165) is 12.3 Å². The summed E-state index contributed by atoms with van der Waals surface area (Å²) in [6, 6.07) is 2.28. The van der Waals surface area contributed by atoms with Crippen molar-refractivity contribution in [1.82, 2.24) is 0 Å². The molecule has 2 heteroatoms. The molecule has 2 N–H and O–H groups in total. The van der Waals surface area contributed by atoms with Crippen molar-refractivity contribution in [3.8, 4) is 0 Å². The summed E-state index contributed by atoms with van der Waals surface area (Å²) in [5.74, 6) is 1.35. The predicted octanol–water partition coefficient (Wildman–Crippen LogP) is 3.67. The Bertz CT molecular complexity index is 344. The van der Waals surface area contributed by atoms with E-state index in [2.05, 4.69) is 32.2 Å². The lowest BCUT2D eigenvalue weighted by atomic mass is 9.66. The quantitative estimate of drug-likeness (QED) is 0.772. The molecule has 1 aliphatic carbocycles. The van der Waals surface area contributed by atoms with Crippen molar-refractivity contribution in [3.05, 3.63) is 21.9 Å². The largest absolute Gasteiger partial charge is 0.321 e. The molecule has 1 aromatic heterocycles. The van der Waals surface area contributed by atoms with Crippen LogP contribution in [-0.2, 0) is 5.54 Å². The molecule has 1 aromatic rings. The number of aryl methyl sites for hydroxylation is 1. The molecule has 15 heavy (non-hydrogen) atoms. The van der Waals surface area contributed by atoms with Crippen molar-refractivity contribution in [2.75, 3.05) is 0 Å².